The summed E-state index contributed by atoms with van der Waals surface area (Å²) in [5.74, 6) is -1.42. The Hall–Kier alpha value is -2.31. The van der Waals surface area contributed by atoms with Gasteiger partial charge in [0.25, 0.3) is 5.91 Å². The molecule has 1 rings (SSSR count). The normalized spacial score (nSPS) is 13.0. The van der Waals surface area contributed by atoms with Crippen molar-refractivity contribution in [3.8, 4) is 0 Å². The van der Waals surface area contributed by atoms with E-state index in [9.17, 15) is 22.8 Å². The fraction of sp³-hybridized carbons (Fsp3) is 0.286. The molecule has 0 aromatic heterocycles. The Morgan fingerprint density at radius 1 is 1.33 bits per heavy atom. The van der Waals surface area contributed by atoms with Crippen LogP contribution in [0.15, 0.2) is 36.4 Å². The monoisotopic (exact) mass is 301 g/mol. The maximum absolute atomic E-state index is 12.5. The number of carbonyl (C=O) groups excluding carboxylic acids is 2. The van der Waals surface area contributed by atoms with Crippen molar-refractivity contribution in [2.45, 2.75) is 26.1 Å². The lowest BCUT2D eigenvalue weighted by atomic mass is 10.2. The number of carbonyl (C=O) groups is 2. The highest BCUT2D eigenvalue weighted by Gasteiger charge is 2.30. The van der Waals surface area contributed by atoms with E-state index in [-0.39, 0.29) is 5.69 Å². The number of ether oxygens (including phenoxy) is 1. The number of amides is 1. The van der Waals surface area contributed by atoms with E-state index in [2.05, 4.69) is 5.32 Å². The number of hydrogen-bond donors (Lipinski definition) is 1. The molecule has 1 N–H and O–H groups in total. The predicted molar refractivity (Wildman–Crippen MR) is 70.4 cm³/mol. The van der Waals surface area contributed by atoms with Crippen molar-refractivity contribution >= 4 is 17.6 Å². The first-order valence-corrected chi connectivity index (χ1v) is 6.05. The van der Waals surface area contributed by atoms with E-state index in [1.54, 1.807) is 6.92 Å². The van der Waals surface area contributed by atoms with Crippen LogP contribution in [-0.4, -0.2) is 18.0 Å². The second-order valence-electron chi connectivity index (χ2n) is 4.15. The molecule has 1 aromatic carbocycles. The summed E-state index contributed by atoms with van der Waals surface area (Å²) in [6.07, 6.45) is -3.04. The first-order valence-electron chi connectivity index (χ1n) is 6.05. The summed E-state index contributed by atoms with van der Waals surface area (Å²) in [5.41, 5.74) is -0.900. The van der Waals surface area contributed by atoms with Gasteiger partial charge < -0.3 is 10.1 Å². The summed E-state index contributed by atoms with van der Waals surface area (Å²) in [6, 6.07) is 4.19. The molecule has 0 saturated heterocycles. The highest BCUT2D eigenvalue weighted by atomic mass is 19.4. The van der Waals surface area contributed by atoms with Gasteiger partial charge in [0.1, 0.15) is 0 Å². The quantitative estimate of drug-likeness (QED) is 0.686. The predicted octanol–water partition coefficient (Wildman–Crippen LogP) is 3.15. The lowest BCUT2D eigenvalue weighted by Crippen LogP contribution is -2.29. The second-order valence-corrected chi connectivity index (χ2v) is 4.15. The third kappa shape index (κ3) is 5.29. The molecule has 21 heavy (non-hydrogen) atoms. The van der Waals surface area contributed by atoms with Crippen molar-refractivity contribution in [2.24, 2.45) is 0 Å². The van der Waals surface area contributed by atoms with E-state index in [0.29, 0.717) is 0 Å². The molecule has 0 spiro atoms. The summed E-state index contributed by atoms with van der Waals surface area (Å²) in [4.78, 5) is 22.9. The number of nitrogens with one attached hydrogen (secondary N) is 1. The van der Waals surface area contributed by atoms with Crippen LogP contribution in [0.1, 0.15) is 19.4 Å². The maximum Gasteiger partial charge on any atom is 0.416 e. The molecule has 4 nitrogen and oxygen atoms in total. The van der Waals surface area contributed by atoms with Gasteiger partial charge in [-0.05, 0) is 32.0 Å². The number of allylic oxidation sites excluding steroid dienone is 1. The molecule has 1 unspecified atom stereocenters. The van der Waals surface area contributed by atoms with Crippen molar-refractivity contribution in [1.29, 1.82) is 0 Å². The Morgan fingerprint density at radius 2 is 2.00 bits per heavy atom. The van der Waals surface area contributed by atoms with E-state index in [4.69, 9.17) is 4.74 Å². The number of rotatable bonds is 4. The van der Waals surface area contributed by atoms with Crippen LogP contribution in [0.3, 0.4) is 0 Å². The van der Waals surface area contributed by atoms with Crippen LogP contribution < -0.4 is 5.32 Å². The number of anilines is 1. The van der Waals surface area contributed by atoms with Gasteiger partial charge in [0.05, 0.1) is 5.56 Å². The van der Waals surface area contributed by atoms with E-state index in [1.807, 2.05) is 0 Å². The van der Waals surface area contributed by atoms with Crippen molar-refractivity contribution in [2.75, 3.05) is 5.32 Å². The van der Waals surface area contributed by atoms with Crippen LogP contribution in [0.4, 0.5) is 18.9 Å². The molecule has 0 aliphatic carbocycles. The summed E-state index contributed by atoms with van der Waals surface area (Å²) >= 11 is 0. The zero-order chi connectivity index (χ0) is 16.0. The van der Waals surface area contributed by atoms with Gasteiger partial charge in [-0.1, -0.05) is 12.1 Å². The van der Waals surface area contributed by atoms with Crippen LogP contribution in [0, 0.1) is 0 Å². The molecule has 114 valence electrons. The SMILES string of the molecule is C/C=C/C(=O)OC(C)C(=O)Nc1cccc(C(F)(F)F)c1. The van der Waals surface area contributed by atoms with E-state index >= 15 is 0 Å². The Labute approximate surface area is 119 Å². The Morgan fingerprint density at radius 3 is 2.57 bits per heavy atom. The average molecular weight is 301 g/mol. The Bertz CT molecular complexity index is 553. The number of hydrogen-bond acceptors (Lipinski definition) is 3. The van der Waals surface area contributed by atoms with Crippen LogP contribution in [0.25, 0.3) is 0 Å². The molecule has 1 aromatic rings. The number of esters is 1. The molecule has 0 aliphatic rings. The molecule has 0 fully saturated rings. The molecule has 1 atom stereocenters. The van der Waals surface area contributed by atoms with Gasteiger partial charge in [-0.15, -0.1) is 0 Å². The molecule has 7 heteroatoms. The van der Waals surface area contributed by atoms with E-state index in [0.717, 1.165) is 18.2 Å². The van der Waals surface area contributed by atoms with Gasteiger partial charge in [0, 0.05) is 11.8 Å². The zero-order valence-electron chi connectivity index (χ0n) is 11.4. The molecular formula is C14H14F3NO3. The lowest BCUT2D eigenvalue weighted by Gasteiger charge is -2.13. The largest absolute Gasteiger partial charge is 0.449 e. The smallest absolute Gasteiger partial charge is 0.416 e. The Balaban J connectivity index is 2.73. The summed E-state index contributed by atoms with van der Waals surface area (Å²) in [7, 11) is 0. The van der Waals surface area contributed by atoms with Crippen molar-refractivity contribution < 1.29 is 27.5 Å². The molecule has 0 bridgehead atoms. The fourth-order valence-electron chi connectivity index (χ4n) is 1.42. The van der Waals surface area contributed by atoms with Gasteiger partial charge in [0.2, 0.25) is 0 Å². The lowest BCUT2D eigenvalue weighted by molar-refractivity contribution is -0.148. The topological polar surface area (TPSA) is 55.4 Å². The number of halogens is 3. The standard InChI is InChI=1S/C14H14F3NO3/c1-3-5-12(19)21-9(2)13(20)18-11-7-4-6-10(8-11)14(15,16)17/h3-9H,1-2H3,(H,18,20)/b5-3+. The minimum Gasteiger partial charge on any atom is -0.449 e. The highest BCUT2D eigenvalue weighted by Crippen LogP contribution is 2.30. The van der Waals surface area contributed by atoms with E-state index in [1.165, 1.54) is 25.1 Å². The van der Waals surface area contributed by atoms with Crippen LogP contribution >= 0.6 is 0 Å². The van der Waals surface area contributed by atoms with Gasteiger partial charge in [-0.3, -0.25) is 4.79 Å². The zero-order valence-corrected chi connectivity index (χ0v) is 11.4. The first kappa shape index (κ1) is 16.7. The van der Waals surface area contributed by atoms with Gasteiger partial charge in [-0.2, -0.15) is 13.2 Å². The van der Waals surface area contributed by atoms with Gasteiger partial charge in [-0.25, -0.2) is 4.79 Å². The minimum absolute atomic E-state index is 0.0243. The molecule has 0 radical (unpaired) electrons. The molecule has 1 amide bonds. The number of alkyl halides is 3. The van der Waals surface area contributed by atoms with Crippen LogP contribution in [0.2, 0.25) is 0 Å². The third-order valence-corrected chi connectivity index (χ3v) is 2.42. The van der Waals surface area contributed by atoms with E-state index < -0.39 is 29.7 Å². The molecular weight excluding hydrogens is 287 g/mol. The second kappa shape index (κ2) is 6.92. The average Bonchev–Trinajstić information content (AvgIpc) is 2.38. The summed E-state index contributed by atoms with van der Waals surface area (Å²) in [5, 5.41) is 2.26. The third-order valence-electron chi connectivity index (χ3n) is 2.42. The summed E-state index contributed by atoms with van der Waals surface area (Å²) in [6.45, 7) is 2.93. The highest BCUT2D eigenvalue weighted by molar-refractivity contribution is 5.96. The molecule has 0 heterocycles. The van der Waals surface area contributed by atoms with Gasteiger partial charge >= 0.3 is 12.1 Å². The van der Waals surface area contributed by atoms with Crippen molar-refractivity contribution in [3.05, 3.63) is 42.0 Å². The Kier molecular flexibility index (Phi) is 5.52. The van der Waals surface area contributed by atoms with Crippen LogP contribution in [0.5, 0.6) is 0 Å². The minimum atomic E-state index is -4.50. The summed E-state index contributed by atoms with van der Waals surface area (Å²) < 4.78 is 42.4. The first-order chi connectivity index (χ1) is 9.74. The van der Waals surface area contributed by atoms with Crippen molar-refractivity contribution in [1.82, 2.24) is 0 Å². The fourth-order valence-corrected chi connectivity index (χ4v) is 1.42. The number of benzene rings is 1. The van der Waals surface area contributed by atoms with Crippen LogP contribution in [-0.2, 0) is 20.5 Å². The van der Waals surface area contributed by atoms with Gasteiger partial charge in [0.15, 0.2) is 6.10 Å². The molecule has 0 aliphatic heterocycles. The molecule has 0 saturated carbocycles. The van der Waals surface area contributed by atoms with Crippen molar-refractivity contribution in [3.63, 3.8) is 0 Å². The maximum atomic E-state index is 12.5.